The molecule has 3 aromatic rings. The summed E-state index contributed by atoms with van der Waals surface area (Å²) in [5, 5.41) is 6.64. The number of sulfone groups is 1. The first-order valence-corrected chi connectivity index (χ1v) is 10.9. The molecule has 3 rings (SSSR count). The normalized spacial score (nSPS) is 12.0. The topological polar surface area (TPSA) is 126 Å². The number of benzene rings is 1. The van der Waals surface area contributed by atoms with Crippen LogP contribution in [0.1, 0.15) is 41.6 Å². The Labute approximate surface area is 172 Å². The minimum Gasteiger partial charge on any atom is -0.366 e. The van der Waals surface area contributed by atoms with Crippen molar-refractivity contribution in [3.63, 3.8) is 0 Å². The van der Waals surface area contributed by atoms with E-state index in [9.17, 15) is 18.0 Å². The van der Waals surface area contributed by atoms with Gasteiger partial charge in [-0.2, -0.15) is 5.10 Å². The number of rotatable bonds is 5. The van der Waals surface area contributed by atoms with Crippen LogP contribution in [0.4, 0.5) is 5.00 Å². The van der Waals surface area contributed by atoms with E-state index in [2.05, 4.69) is 10.2 Å². The quantitative estimate of drug-likeness (QED) is 0.641. The van der Waals surface area contributed by atoms with Crippen LogP contribution in [0, 0.1) is 0 Å². The van der Waals surface area contributed by atoms with Gasteiger partial charge in [-0.25, -0.2) is 8.42 Å². The summed E-state index contributed by atoms with van der Waals surface area (Å²) in [6.07, 6.45) is 1.50. The van der Waals surface area contributed by atoms with E-state index >= 15 is 0 Å². The van der Waals surface area contributed by atoms with E-state index in [1.54, 1.807) is 39.0 Å². The molecular weight excluding hydrogens is 412 g/mol. The summed E-state index contributed by atoms with van der Waals surface area (Å²) < 4.78 is 26.0. The number of thiophene rings is 1. The Morgan fingerprint density at radius 3 is 2.31 bits per heavy atom. The van der Waals surface area contributed by atoms with E-state index in [1.807, 2.05) is 0 Å². The minimum atomic E-state index is -3.88. The second-order valence-electron chi connectivity index (χ2n) is 7.24. The van der Waals surface area contributed by atoms with Crippen molar-refractivity contribution < 1.29 is 18.0 Å². The van der Waals surface area contributed by atoms with Gasteiger partial charge in [0.2, 0.25) is 9.84 Å². The zero-order valence-corrected chi connectivity index (χ0v) is 17.7. The summed E-state index contributed by atoms with van der Waals surface area (Å²) in [4.78, 5) is 26.7. The first-order chi connectivity index (χ1) is 13.5. The molecule has 1 aromatic carbocycles. The second kappa shape index (κ2) is 7.45. The van der Waals surface area contributed by atoms with Crippen LogP contribution in [0.25, 0.3) is 0 Å². The highest BCUT2D eigenvalue weighted by atomic mass is 32.2. The molecule has 0 aliphatic heterocycles. The van der Waals surface area contributed by atoms with Gasteiger partial charge in [0.1, 0.15) is 9.21 Å². The number of aromatic nitrogens is 2. The molecule has 152 valence electrons. The van der Waals surface area contributed by atoms with Gasteiger partial charge in [0.25, 0.3) is 11.8 Å². The van der Waals surface area contributed by atoms with Crippen LogP contribution < -0.4 is 10.6 Å². The maximum atomic E-state index is 13.1. The van der Waals surface area contributed by atoms with Crippen LogP contribution in [-0.4, -0.2) is 36.0 Å². The SMILES string of the molecule is CC(C)(C)N(C(=O)c1cc[nH]n1)c1sc(S(=O)(=O)c2ccccc2)cc1C(N)=O. The summed E-state index contributed by atoms with van der Waals surface area (Å²) in [5.74, 6) is -1.30. The molecule has 2 heterocycles. The maximum Gasteiger partial charge on any atom is 0.279 e. The number of aromatic amines is 1. The van der Waals surface area contributed by atoms with E-state index in [4.69, 9.17) is 5.73 Å². The van der Waals surface area contributed by atoms with E-state index in [-0.39, 0.29) is 25.4 Å². The zero-order valence-electron chi connectivity index (χ0n) is 16.0. The standard InChI is InChI=1S/C19H20N4O4S2/c1-19(2,3)23(17(25)14-9-10-21-22-14)18-13(16(20)24)11-15(28-18)29(26,27)12-7-5-4-6-8-12/h4-11H,1-3H3,(H2,20,24)(H,21,22). The smallest absolute Gasteiger partial charge is 0.279 e. The predicted octanol–water partition coefficient (Wildman–Crippen LogP) is 2.85. The Morgan fingerprint density at radius 2 is 1.79 bits per heavy atom. The summed E-state index contributed by atoms with van der Waals surface area (Å²) in [6, 6.07) is 10.6. The molecule has 0 fully saturated rings. The molecule has 0 saturated heterocycles. The highest BCUT2D eigenvalue weighted by molar-refractivity contribution is 7.93. The summed E-state index contributed by atoms with van der Waals surface area (Å²) in [7, 11) is -3.88. The maximum absolute atomic E-state index is 13.1. The number of hydrogen-bond acceptors (Lipinski definition) is 6. The lowest BCUT2D eigenvalue weighted by atomic mass is 10.0. The fourth-order valence-electron chi connectivity index (χ4n) is 2.75. The Kier molecular flexibility index (Phi) is 5.33. The van der Waals surface area contributed by atoms with Crippen LogP contribution >= 0.6 is 11.3 Å². The first kappa shape index (κ1) is 20.7. The highest BCUT2D eigenvalue weighted by Gasteiger charge is 2.36. The molecule has 2 amide bonds. The number of anilines is 1. The molecular formula is C19H20N4O4S2. The number of carbonyl (C=O) groups excluding carboxylic acids is 2. The average Bonchev–Trinajstić information content (AvgIpc) is 3.32. The van der Waals surface area contributed by atoms with Crippen LogP contribution in [0.15, 0.2) is 57.8 Å². The van der Waals surface area contributed by atoms with Gasteiger partial charge in [-0.1, -0.05) is 18.2 Å². The molecule has 8 nitrogen and oxygen atoms in total. The van der Waals surface area contributed by atoms with Gasteiger partial charge >= 0.3 is 0 Å². The number of amides is 2. The Hall–Kier alpha value is -2.98. The molecule has 10 heteroatoms. The Morgan fingerprint density at radius 1 is 1.14 bits per heavy atom. The lowest BCUT2D eigenvalue weighted by Crippen LogP contribution is -2.46. The third-order valence-corrected chi connectivity index (χ3v) is 7.43. The first-order valence-electron chi connectivity index (χ1n) is 8.61. The molecule has 0 unspecified atom stereocenters. The molecule has 0 atom stereocenters. The van der Waals surface area contributed by atoms with Crippen molar-refractivity contribution in [3.8, 4) is 0 Å². The van der Waals surface area contributed by atoms with Crippen molar-refractivity contribution in [3.05, 3.63) is 59.9 Å². The average molecular weight is 433 g/mol. The molecule has 29 heavy (non-hydrogen) atoms. The second-order valence-corrected chi connectivity index (χ2v) is 10.4. The van der Waals surface area contributed by atoms with Gasteiger partial charge in [0, 0.05) is 11.7 Å². The molecule has 2 aromatic heterocycles. The number of nitrogens with zero attached hydrogens (tertiary/aromatic N) is 2. The third kappa shape index (κ3) is 3.94. The van der Waals surface area contributed by atoms with Gasteiger partial charge < -0.3 is 5.73 Å². The van der Waals surface area contributed by atoms with Gasteiger partial charge in [-0.05, 0) is 45.0 Å². The van der Waals surface area contributed by atoms with Crippen molar-refractivity contribution in [2.45, 2.75) is 35.4 Å². The highest BCUT2D eigenvalue weighted by Crippen LogP contribution is 2.40. The predicted molar refractivity (Wildman–Crippen MR) is 110 cm³/mol. The molecule has 3 N–H and O–H groups in total. The number of H-pyrrole nitrogens is 1. The van der Waals surface area contributed by atoms with Gasteiger partial charge in [-0.3, -0.25) is 19.6 Å². The molecule has 0 aliphatic rings. The summed E-state index contributed by atoms with van der Waals surface area (Å²) in [5.41, 5.74) is 4.84. The van der Waals surface area contributed by atoms with Crippen molar-refractivity contribution in [2.24, 2.45) is 5.73 Å². The van der Waals surface area contributed by atoms with Crippen molar-refractivity contribution >= 4 is 38.0 Å². The van der Waals surface area contributed by atoms with Gasteiger partial charge in [0.05, 0.1) is 10.5 Å². The molecule has 0 aliphatic carbocycles. The number of carbonyl (C=O) groups is 2. The number of hydrogen-bond donors (Lipinski definition) is 2. The monoisotopic (exact) mass is 432 g/mol. The lowest BCUT2D eigenvalue weighted by molar-refractivity contribution is 0.0961. The van der Waals surface area contributed by atoms with E-state index in [0.717, 1.165) is 11.3 Å². The Balaban J connectivity index is 2.20. The fraction of sp³-hybridized carbons (Fsp3) is 0.211. The summed E-state index contributed by atoms with van der Waals surface area (Å²) in [6.45, 7) is 5.31. The third-order valence-electron chi connectivity index (χ3n) is 4.07. The van der Waals surface area contributed by atoms with Crippen molar-refractivity contribution in [1.82, 2.24) is 10.2 Å². The fourth-order valence-corrected chi connectivity index (χ4v) is 5.82. The molecule has 0 spiro atoms. The number of nitrogens with one attached hydrogen (secondary N) is 1. The van der Waals surface area contributed by atoms with E-state index < -0.39 is 27.2 Å². The minimum absolute atomic E-state index is 0.0386. The largest absolute Gasteiger partial charge is 0.366 e. The van der Waals surface area contributed by atoms with Crippen LogP contribution in [-0.2, 0) is 9.84 Å². The number of primary amides is 1. The van der Waals surface area contributed by atoms with Gasteiger partial charge in [-0.15, -0.1) is 11.3 Å². The van der Waals surface area contributed by atoms with Crippen molar-refractivity contribution in [2.75, 3.05) is 4.90 Å². The molecule has 0 radical (unpaired) electrons. The van der Waals surface area contributed by atoms with Crippen LogP contribution in [0.5, 0.6) is 0 Å². The molecule has 0 saturated carbocycles. The lowest BCUT2D eigenvalue weighted by Gasteiger charge is -2.34. The number of nitrogens with two attached hydrogens (primary N) is 1. The van der Waals surface area contributed by atoms with Gasteiger partial charge in [0.15, 0.2) is 5.69 Å². The van der Waals surface area contributed by atoms with E-state index in [1.165, 1.54) is 35.4 Å². The zero-order chi connectivity index (χ0) is 21.4. The van der Waals surface area contributed by atoms with Crippen LogP contribution in [0.3, 0.4) is 0 Å². The van der Waals surface area contributed by atoms with Crippen molar-refractivity contribution in [1.29, 1.82) is 0 Å². The Bertz CT molecular complexity index is 1140. The summed E-state index contributed by atoms with van der Waals surface area (Å²) >= 11 is 0.829. The van der Waals surface area contributed by atoms with Crippen LogP contribution in [0.2, 0.25) is 0 Å². The van der Waals surface area contributed by atoms with E-state index in [0.29, 0.717) is 0 Å². The molecule has 0 bridgehead atoms.